The second-order valence-electron chi connectivity index (χ2n) is 11.7. The highest BCUT2D eigenvalue weighted by molar-refractivity contribution is 5.71. The van der Waals surface area contributed by atoms with Crippen LogP contribution in [0.2, 0.25) is 0 Å². The number of benzene rings is 4. The number of aromatic nitrogens is 3. The Morgan fingerprint density at radius 2 is 1.10 bits per heavy atom. The first-order chi connectivity index (χ1) is 20.2. The number of nitriles is 1. The Morgan fingerprint density at radius 3 is 1.68 bits per heavy atom. The number of fused-ring (bicyclic) bond motifs is 1. The van der Waals surface area contributed by atoms with Gasteiger partial charge in [-0.2, -0.15) is 5.26 Å². The molecule has 0 aliphatic heterocycles. The molecule has 1 saturated carbocycles. The topological polar surface area (TPSA) is 62.5 Å². The van der Waals surface area contributed by atoms with E-state index in [4.69, 9.17) is 15.0 Å². The average molecular weight is 529 g/mol. The monoisotopic (exact) mass is 528 g/mol. The lowest BCUT2D eigenvalue weighted by Crippen LogP contribution is -2.24. The first-order valence-corrected chi connectivity index (χ1v) is 14.4. The van der Waals surface area contributed by atoms with Gasteiger partial charge in [-0.25, -0.2) is 15.0 Å². The van der Waals surface area contributed by atoms with Gasteiger partial charge in [0.25, 0.3) is 0 Å². The zero-order valence-electron chi connectivity index (χ0n) is 22.7. The third kappa shape index (κ3) is 4.08. The molecule has 41 heavy (non-hydrogen) atoms. The molecule has 4 heteroatoms. The van der Waals surface area contributed by atoms with Gasteiger partial charge in [0.1, 0.15) is 0 Å². The molecule has 1 aromatic heterocycles. The molecular formula is C37H28N4. The van der Waals surface area contributed by atoms with Crippen molar-refractivity contribution in [2.75, 3.05) is 0 Å². The van der Waals surface area contributed by atoms with Crippen LogP contribution in [0.25, 0.3) is 45.3 Å². The van der Waals surface area contributed by atoms with Gasteiger partial charge in [-0.1, -0.05) is 96.6 Å². The van der Waals surface area contributed by atoms with E-state index in [1.54, 1.807) is 5.57 Å². The second kappa shape index (κ2) is 9.35. The van der Waals surface area contributed by atoms with Crippen LogP contribution in [0.1, 0.15) is 36.8 Å². The molecule has 4 nitrogen and oxygen atoms in total. The van der Waals surface area contributed by atoms with Gasteiger partial charge in [0.05, 0.1) is 11.6 Å². The molecule has 1 fully saturated rings. The molecule has 1 heterocycles. The lowest BCUT2D eigenvalue weighted by Gasteiger charge is -2.31. The van der Waals surface area contributed by atoms with Gasteiger partial charge in [-0.05, 0) is 72.4 Å². The van der Waals surface area contributed by atoms with Crippen LogP contribution in [-0.4, -0.2) is 15.0 Å². The van der Waals surface area contributed by atoms with E-state index in [0.29, 0.717) is 23.0 Å². The van der Waals surface area contributed by atoms with E-state index in [0.717, 1.165) is 34.1 Å². The summed E-state index contributed by atoms with van der Waals surface area (Å²) in [5.74, 6) is 3.28. The molecule has 0 spiro atoms. The fraction of sp³-hybridized carbons (Fsp3) is 0.189. The molecule has 0 saturated heterocycles. The van der Waals surface area contributed by atoms with Crippen LogP contribution < -0.4 is 0 Å². The zero-order chi connectivity index (χ0) is 27.4. The maximum absolute atomic E-state index is 10.0. The Morgan fingerprint density at radius 1 is 0.585 bits per heavy atom. The Kier molecular flexibility index (Phi) is 5.47. The van der Waals surface area contributed by atoms with Crippen molar-refractivity contribution in [2.45, 2.75) is 31.1 Å². The van der Waals surface area contributed by atoms with Crippen LogP contribution in [0, 0.1) is 23.2 Å². The Balaban J connectivity index is 1.25. The molecule has 196 valence electrons. The average Bonchev–Trinajstić information content (AvgIpc) is 3.68. The molecule has 1 unspecified atom stereocenters. The van der Waals surface area contributed by atoms with Crippen LogP contribution in [0.5, 0.6) is 0 Å². The van der Waals surface area contributed by atoms with E-state index in [1.165, 1.54) is 36.8 Å². The third-order valence-corrected chi connectivity index (χ3v) is 9.28. The van der Waals surface area contributed by atoms with Gasteiger partial charge in [0, 0.05) is 22.1 Å². The maximum Gasteiger partial charge on any atom is 0.164 e. The van der Waals surface area contributed by atoms with Crippen LogP contribution >= 0.6 is 0 Å². The van der Waals surface area contributed by atoms with Gasteiger partial charge in [-0.3, -0.25) is 0 Å². The van der Waals surface area contributed by atoms with Gasteiger partial charge < -0.3 is 0 Å². The Labute approximate surface area is 240 Å². The highest BCUT2D eigenvalue weighted by Crippen LogP contribution is 2.62. The number of hydrogen-bond acceptors (Lipinski definition) is 4. The third-order valence-electron chi connectivity index (χ3n) is 9.28. The highest BCUT2D eigenvalue weighted by atomic mass is 15.0. The van der Waals surface area contributed by atoms with Crippen molar-refractivity contribution in [1.29, 1.82) is 5.26 Å². The molecule has 0 amide bonds. The van der Waals surface area contributed by atoms with Crippen LogP contribution in [0.4, 0.5) is 0 Å². The lowest BCUT2D eigenvalue weighted by molar-refractivity contribution is 0.384. The van der Waals surface area contributed by atoms with Gasteiger partial charge in [0.15, 0.2) is 17.5 Å². The first kappa shape index (κ1) is 24.0. The summed E-state index contributed by atoms with van der Waals surface area (Å²) in [7, 11) is 0. The minimum Gasteiger partial charge on any atom is -0.208 e. The number of hydrogen-bond donors (Lipinski definition) is 0. The van der Waals surface area contributed by atoms with Crippen LogP contribution in [0.3, 0.4) is 0 Å². The van der Waals surface area contributed by atoms with Crippen molar-refractivity contribution in [3.63, 3.8) is 0 Å². The molecule has 4 aromatic carbocycles. The van der Waals surface area contributed by atoms with Crippen molar-refractivity contribution in [1.82, 2.24) is 15.0 Å². The fourth-order valence-corrected chi connectivity index (χ4v) is 7.36. The summed E-state index contributed by atoms with van der Waals surface area (Å²) in [5, 5.41) is 10.0. The van der Waals surface area contributed by atoms with Gasteiger partial charge in [0.2, 0.25) is 0 Å². The summed E-state index contributed by atoms with van der Waals surface area (Å²) >= 11 is 0. The van der Waals surface area contributed by atoms with E-state index in [1.807, 2.05) is 42.5 Å². The van der Waals surface area contributed by atoms with Crippen molar-refractivity contribution < 1.29 is 0 Å². The summed E-state index contributed by atoms with van der Waals surface area (Å²) in [6, 6.07) is 37.4. The normalized spacial score (nSPS) is 22.0. The smallest absolute Gasteiger partial charge is 0.164 e. The maximum atomic E-state index is 10.0. The Hall–Kier alpha value is -4.88. The lowest BCUT2D eigenvalue weighted by atomic mass is 9.72. The van der Waals surface area contributed by atoms with Crippen molar-refractivity contribution in [3.05, 3.63) is 126 Å². The summed E-state index contributed by atoms with van der Waals surface area (Å²) in [6.45, 7) is 0. The number of rotatable bonds is 5. The molecule has 0 N–H and O–H groups in total. The summed E-state index contributed by atoms with van der Waals surface area (Å²) < 4.78 is 0. The minimum atomic E-state index is 0.0359. The molecule has 8 rings (SSSR count). The summed E-state index contributed by atoms with van der Waals surface area (Å²) in [4.78, 5) is 14.9. The largest absolute Gasteiger partial charge is 0.208 e. The van der Waals surface area contributed by atoms with Gasteiger partial charge >= 0.3 is 0 Å². The second-order valence-corrected chi connectivity index (χ2v) is 11.7. The van der Waals surface area contributed by atoms with Crippen molar-refractivity contribution >= 4 is 0 Å². The highest BCUT2D eigenvalue weighted by Gasteiger charge is 2.52. The van der Waals surface area contributed by atoms with E-state index >= 15 is 0 Å². The number of nitrogens with zero attached hydrogens (tertiary/aromatic N) is 4. The summed E-state index contributed by atoms with van der Waals surface area (Å²) in [5.41, 5.74) is 8.64. The van der Waals surface area contributed by atoms with Gasteiger partial charge in [-0.15, -0.1) is 0 Å². The molecule has 3 atom stereocenters. The standard InChI is InChI=1S/C37H28N4/c38-23-24-17-31(19-32(18-24)37-20-29-15-16-30(21-37)33(29)22-37)36-40-34(27-9-5-2-6-10-27)39-35(41-36)28-13-11-26(12-14-28)25-7-3-1-4-8-25/h1-14,17-19,22,29-30H,15-16,20-21H2/t29-,30+,37?. The molecule has 3 aliphatic carbocycles. The van der Waals surface area contributed by atoms with Crippen molar-refractivity contribution in [2.24, 2.45) is 11.8 Å². The zero-order valence-corrected chi connectivity index (χ0v) is 22.7. The quantitative estimate of drug-likeness (QED) is 0.215. The predicted octanol–water partition coefficient (Wildman–Crippen LogP) is 8.41. The number of allylic oxidation sites excluding steroid dienone is 2. The van der Waals surface area contributed by atoms with E-state index in [9.17, 15) is 5.26 Å². The van der Waals surface area contributed by atoms with E-state index in [-0.39, 0.29) is 5.41 Å². The van der Waals surface area contributed by atoms with Crippen LogP contribution in [-0.2, 0) is 5.41 Å². The molecule has 3 aliphatic rings. The molecular weight excluding hydrogens is 500 g/mol. The van der Waals surface area contributed by atoms with Crippen molar-refractivity contribution in [3.8, 4) is 51.4 Å². The molecule has 0 radical (unpaired) electrons. The molecule has 5 aromatic rings. The van der Waals surface area contributed by atoms with E-state index < -0.39 is 0 Å². The summed E-state index contributed by atoms with van der Waals surface area (Å²) in [6.07, 6.45) is 7.49. The SMILES string of the molecule is N#Cc1cc(-c2nc(-c3ccccc3)nc(-c3ccc(-c4ccccc4)cc3)n2)cc(C23C=C4[C@H](CC[C@H]4C2)C3)c1. The first-order valence-electron chi connectivity index (χ1n) is 14.4. The minimum absolute atomic E-state index is 0.0359. The Bertz CT molecular complexity index is 1830. The predicted molar refractivity (Wildman–Crippen MR) is 161 cm³/mol. The van der Waals surface area contributed by atoms with E-state index in [2.05, 4.69) is 72.8 Å². The van der Waals surface area contributed by atoms with Crippen LogP contribution in [0.15, 0.2) is 115 Å². The fourth-order valence-electron chi connectivity index (χ4n) is 7.36. The molecule has 2 bridgehead atoms.